The molecule has 7 heteroatoms. The lowest BCUT2D eigenvalue weighted by Gasteiger charge is -2.11. The van der Waals surface area contributed by atoms with Crippen LogP contribution in [0.25, 0.3) is 0 Å². The number of carbonyl (C=O) groups excluding carboxylic acids is 2. The monoisotopic (exact) mass is 399 g/mol. The summed E-state index contributed by atoms with van der Waals surface area (Å²) in [6.07, 6.45) is 1.79. The average Bonchev–Trinajstić information content (AvgIpc) is 2.70. The Kier molecular flexibility index (Phi) is 8.42. The zero-order chi connectivity index (χ0) is 20.4. The highest BCUT2D eigenvalue weighted by Crippen LogP contribution is 2.13. The minimum atomic E-state index is -0.323. The minimum Gasteiger partial charge on any atom is -0.494 e. The standard InChI is InChI=1S/C21H25N3O3S/c1-3-12-22-19(25)16-6-5-7-17(14-16)23-21(28)24-20(26)15-8-10-18(11-9-15)27-13-4-2/h5-11,14H,3-4,12-13H2,1-2H3,(H,22,25)(H2,23,24,26,28). The van der Waals surface area contributed by atoms with Crippen LogP contribution in [0.5, 0.6) is 5.75 Å². The van der Waals surface area contributed by atoms with Gasteiger partial charge >= 0.3 is 0 Å². The van der Waals surface area contributed by atoms with Crippen LogP contribution in [0.1, 0.15) is 47.4 Å². The van der Waals surface area contributed by atoms with Crippen LogP contribution < -0.4 is 20.7 Å². The van der Waals surface area contributed by atoms with Crippen LogP contribution in [0.3, 0.4) is 0 Å². The Morgan fingerprint density at radius 2 is 1.71 bits per heavy atom. The van der Waals surface area contributed by atoms with E-state index in [1.165, 1.54) is 0 Å². The fourth-order valence-corrected chi connectivity index (χ4v) is 2.55. The topological polar surface area (TPSA) is 79.5 Å². The van der Waals surface area contributed by atoms with Gasteiger partial charge in [0.25, 0.3) is 11.8 Å². The number of hydrogen-bond acceptors (Lipinski definition) is 4. The summed E-state index contributed by atoms with van der Waals surface area (Å²) < 4.78 is 5.50. The third-order valence-corrected chi connectivity index (χ3v) is 3.94. The molecule has 2 rings (SSSR count). The van der Waals surface area contributed by atoms with Gasteiger partial charge in [-0.2, -0.15) is 0 Å². The molecule has 0 saturated heterocycles. The van der Waals surface area contributed by atoms with E-state index in [0.717, 1.165) is 18.6 Å². The van der Waals surface area contributed by atoms with Crippen molar-refractivity contribution in [2.24, 2.45) is 0 Å². The lowest BCUT2D eigenvalue weighted by molar-refractivity contribution is 0.0951. The third-order valence-electron chi connectivity index (χ3n) is 3.73. The van der Waals surface area contributed by atoms with E-state index >= 15 is 0 Å². The zero-order valence-corrected chi connectivity index (χ0v) is 16.9. The molecular formula is C21H25N3O3S. The summed E-state index contributed by atoms with van der Waals surface area (Å²) in [4.78, 5) is 24.4. The molecule has 3 N–H and O–H groups in total. The van der Waals surface area contributed by atoms with Crippen molar-refractivity contribution < 1.29 is 14.3 Å². The molecule has 0 unspecified atom stereocenters. The van der Waals surface area contributed by atoms with Crippen molar-refractivity contribution in [3.63, 3.8) is 0 Å². The second-order valence-electron chi connectivity index (χ2n) is 6.12. The molecule has 28 heavy (non-hydrogen) atoms. The molecule has 0 atom stereocenters. The van der Waals surface area contributed by atoms with Crippen LogP contribution in [0, 0.1) is 0 Å². The number of hydrogen-bond donors (Lipinski definition) is 3. The highest BCUT2D eigenvalue weighted by Gasteiger charge is 2.10. The van der Waals surface area contributed by atoms with Gasteiger partial charge in [0.05, 0.1) is 6.61 Å². The van der Waals surface area contributed by atoms with Crippen molar-refractivity contribution >= 4 is 34.8 Å². The number of carbonyl (C=O) groups is 2. The predicted molar refractivity (Wildman–Crippen MR) is 115 cm³/mol. The highest BCUT2D eigenvalue weighted by molar-refractivity contribution is 7.80. The molecule has 0 bridgehead atoms. The van der Waals surface area contributed by atoms with Crippen molar-refractivity contribution in [2.45, 2.75) is 26.7 Å². The van der Waals surface area contributed by atoms with Crippen LogP contribution in [0.4, 0.5) is 5.69 Å². The first kappa shape index (κ1) is 21.4. The smallest absolute Gasteiger partial charge is 0.257 e. The molecule has 0 radical (unpaired) electrons. The van der Waals surface area contributed by atoms with Gasteiger partial charge in [-0.3, -0.25) is 14.9 Å². The molecule has 0 aliphatic heterocycles. The van der Waals surface area contributed by atoms with Gasteiger partial charge in [0.2, 0.25) is 0 Å². The number of nitrogens with one attached hydrogen (secondary N) is 3. The molecule has 148 valence electrons. The van der Waals surface area contributed by atoms with Crippen LogP contribution in [-0.2, 0) is 0 Å². The van der Waals surface area contributed by atoms with Crippen LogP contribution in [-0.4, -0.2) is 30.1 Å². The Balaban J connectivity index is 1.92. The Hall–Kier alpha value is -2.93. The average molecular weight is 400 g/mol. The molecule has 0 aliphatic rings. The van der Waals surface area contributed by atoms with E-state index in [1.54, 1.807) is 48.5 Å². The molecular weight excluding hydrogens is 374 g/mol. The Morgan fingerprint density at radius 1 is 0.964 bits per heavy atom. The van der Waals surface area contributed by atoms with E-state index in [0.29, 0.717) is 30.0 Å². The summed E-state index contributed by atoms with van der Waals surface area (Å²) in [5.74, 6) is 0.250. The van der Waals surface area contributed by atoms with Crippen LogP contribution in [0.15, 0.2) is 48.5 Å². The maximum absolute atomic E-state index is 12.3. The molecule has 0 fully saturated rings. The van der Waals surface area contributed by atoms with Crippen LogP contribution >= 0.6 is 12.2 Å². The van der Waals surface area contributed by atoms with Gasteiger partial charge in [-0.1, -0.05) is 19.9 Å². The minimum absolute atomic E-state index is 0.147. The summed E-state index contributed by atoms with van der Waals surface area (Å²) in [6, 6.07) is 13.8. The van der Waals surface area contributed by atoms with Gasteiger partial charge in [0, 0.05) is 23.4 Å². The number of anilines is 1. The molecule has 0 heterocycles. The maximum Gasteiger partial charge on any atom is 0.257 e. The summed E-state index contributed by atoms with van der Waals surface area (Å²) >= 11 is 5.21. The first-order chi connectivity index (χ1) is 13.5. The molecule has 2 aromatic rings. The molecule has 0 saturated carbocycles. The van der Waals surface area contributed by atoms with Crippen molar-refractivity contribution in [3.05, 3.63) is 59.7 Å². The van der Waals surface area contributed by atoms with Crippen molar-refractivity contribution in [1.82, 2.24) is 10.6 Å². The van der Waals surface area contributed by atoms with E-state index in [4.69, 9.17) is 17.0 Å². The second kappa shape index (κ2) is 11.0. The van der Waals surface area contributed by atoms with Gasteiger partial charge in [-0.15, -0.1) is 0 Å². The Morgan fingerprint density at radius 3 is 2.39 bits per heavy atom. The molecule has 2 amide bonds. The molecule has 0 spiro atoms. The number of thiocarbonyl (C=S) groups is 1. The lowest BCUT2D eigenvalue weighted by atomic mass is 10.2. The van der Waals surface area contributed by atoms with Crippen LogP contribution in [0.2, 0.25) is 0 Å². The van der Waals surface area contributed by atoms with E-state index in [1.807, 2.05) is 13.8 Å². The van der Waals surface area contributed by atoms with Gasteiger partial charge < -0.3 is 15.4 Å². The quantitative estimate of drug-likeness (QED) is 0.589. The van der Waals surface area contributed by atoms with Gasteiger partial charge in [-0.25, -0.2) is 0 Å². The Bertz CT molecular complexity index is 822. The third kappa shape index (κ3) is 6.66. The summed E-state index contributed by atoms with van der Waals surface area (Å²) in [6.45, 7) is 5.27. The van der Waals surface area contributed by atoms with Crippen molar-refractivity contribution in [1.29, 1.82) is 0 Å². The first-order valence-electron chi connectivity index (χ1n) is 9.27. The molecule has 2 aromatic carbocycles. The van der Waals surface area contributed by atoms with Crippen molar-refractivity contribution in [2.75, 3.05) is 18.5 Å². The summed E-state index contributed by atoms with van der Waals surface area (Å²) in [5, 5.41) is 8.53. The normalized spacial score (nSPS) is 10.1. The molecule has 6 nitrogen and oxygen atoms in total. The summed E-state index contributed by atoms with van der Waals surface area (Å²) in [5.41, 5.74) is 1.62. The zero-order valence-electron chi connectivity index (χ0n) is 16.1. The molecule has 0 aliphatic carbocycles. The largest absolute Gasteiger partial charge is 0.494 e. The van der Waals surface area contributed by atoms with E-state index in [9.17, 15) is 9.59 Å². The van der Waals surface area contributed by atoms with Gasteiger partial charge in [0.15, 0.2) is 5.11 Å². The molecule has 0 aromatic heterocycles. The maximum atomic E-state index is 12.3. The van der Waals surface area contributed by atoms with E-state index < -0.39 is 0 Å². The lowest BCUT2D eigenvalue weighted by Crippen LogP contribution is -2.34. The fourth-order valence-electron chi connectivity index (χ4n) is 2.34. The Labute approximate surface area is 170 Å². The van der Waals surface area contributed by atoms with E-state index in [2.05, 4.69) is 16.0 Å². The second-order valence-corrected chi connectivity index (χ2v) is 6.53. The predicted octanol–water partition coefficient (Wildman–Crippen LogP) is 3.74. The SMILES string of the molecule is CCCNC(=O)c1cccc(NC(=S)NC(=O)c2ccc(OCCC)cc2)c1. The van der Waals surface area contributed by atoms with Gasteiger partial charge in [0.1, 0.15) is 5.75 Å². The van der Waals surface area contributed by atoms with Crippen molar-refractivity contribution in [3.8, 4) is 5.75 Å². The van der Waals surface area contributed by atoms with E-state index in [-0.39, 0.29) is 16.9 Å². The summed E-state index contributed by atoms with van der Waals surface area (Å²) in [7, 11) is 0. The highest BCUT2D eigenvalue weighted by atomic mass is 32.1. The number of benzene rings is 2. The number of rotatable bonds is 8. The van der Waals surface area contributed by atoms with Gasteiger partial charge in [-0.05, 0) is 67.5 Å². The number of ether oxygens (including phenoxy) is 1. The first-order valence-corrected chi connectivity index (χ1v) is 9.67. The number of amides is 2. The fraction of sp³-hybridized carbons (Fsp3) is 0.286.